The van der Waals surface area contributed by atoms with Gasteiger partial charge in [0, 0.05) is 29.5 Å². The van der Waals surface area contributed by atoms with Crippen LogP contribution in [-0.4, -0.2) is 20.9 Å². The molecule has 3 aromatic rings. The van der Waals surface area contributed by atoms with Crippen molar-refractivity contribution in [2.24, 2.45) is 0 Å². The Morgan fingerprint density at radius 1 is 1.20 bits per heavy atom. The Morgan fingerprint density at radius 3 is 2.84 bits per heavy atom. The molecule has 6 nitrogen and oxygen atoms in total. The second-order valence-electron chi connectivity index (χ2n) is 5.44. The van der Waals surface area contributed by atoms with Gasteiger partial charge in [-0.2, -0.15) is 0 Å². The highest BCUT2D eigenvalue weighted by Crippen LogP contribution is 2.26. The zero-order valence-corrected chi connectivity index (χ0v) is 15.1. The van der Waals surface area contributed by atoms with E-state index in [2.05, 4.69) is 41.5 Å². The van der Waals surface area contributed by atoms with Crippen molar-refractivity contribution in [3.8, 4) is 0 Å². The summed E-state index contributed by atoms with van der Waals surface area (Å²) < 4.78 is 0.925. The molecule has 0 atom stereocenters. The molecule has 126 valence electrons. The fourth-order valence-electron chi connectivity index (χ4n) is 2.18. The Bertz CT molecular complexity index is 886. The van der Waals surface area contributed by atoms with Gasteiger partial charge >= 0.3 is 0 Å². The summed E-state index contributed by atoms with van der Waals surface area (Å²) in [7, 11) is 0. The first kappa shape index (κ1) is 17.0. The Balaban J connectivity index is 1.69. The fourth-order valence-corrected chi connectivity index (χ4v) is 2.78. The van der Waals surface area contributed by atoms with E-state index in [1.807, 2.05) is 37.3 Å². The van der Waals surface area contributed by atoms with Gasteiger partial charge in [-0.1, -0.05) is 12.1 Å². The Morgan fingerprint density at radius 2 is 2.08 bits per heavy atom. The second-order valence-corrected chi connectivity index (χ2v) is 6.30. The second kappa shape index (κ2) is 7.85. The van der Waals surface area contributed by atoms with Crippen molar-refractivity contribution < 1.29 is 4.79 Å². The molecule has 0 unspecified atom stereocenters. The van der Waals surface area contributed by atoms with Crippen LogP contribution < -0.4 is 10.6 Å². The molecule has 25 heavy (non-hydrogen) atoms. The summed E-state index contributed by atoms with van der Waals surface area (Å²) in [5.74, 6) is 0.281. The fraction of sp³-hybridized carbons (Fsp3) is 0.111. The monoisotopic (exact) mass is 397 g/mol. The lowest BCUT2D eigenvalue weighted by Gasteiger charge is -2.09. The number of aryl methyl sites for hydroxylation is 1. The van der Waals surface area contributed by atoms with Gasteiger partial charge in [-0.3, -0.25) is 9.78 Å². The Hall–Kier alpha value is -2.80. The summed E-state index contributed by atoms with van der Waals surface area (Å²) in [4.78, 5) is 24.5. The van der Waals surface area contributed by atoms with E-state index in [9.17, 15) is 4.79 Å². The molecule has 1 amide bonds. The van der Waals surface area contributed by atoms with E-state index >= 15 is 0 Å². The van der Waals surface area contributed by atoms with Gasteiger partial charge in [-0.15, -0.1) is 0 Å². The number of nitrogens with zero attached hydrogens (tertiary/aromatic N) is 3. The Labute approximate surface area is 153 Å². The first-order chi connectivity index (χ1) is 12.1. The molecule has 0 saturated carbocycles. The lowest BCUT2D eigenvalue weighted by Crippen LogP contribution is -2.24. The maximum absolute atomic E-state index is 12.3. The number of halogens is 1. The topological polar surface area (TPSA) is 79.8 Å². The number of carbonyl (C=O) groups is 1. The van der Waals surface area contributed by atoms with E-state index in [0.29, 0.717) is 18.1 Å². The molecular weight excluding hydrogens is 382 g/mol. The van der Waals surface area contributed by atoms with Gasteiger partial charge in [0.25, 0.3) is 5.91 Å². The van der Waals surface area contributed by atoms with Gasteiger partial charge < -0.3 is 10.6 Å². The van der Waals surface area contributed by atoms with Crippen LogP contribution in [0.25, 0.3) is 0 Å². The van der Waals surface area contributed by atoms with E-state index in [1.165, 1.54) is 6.33 Å². The van der Waals surface area contributed by atoms with Gasteiger partial charge in [-0.05, 0) is 52.2 Å². The normalized spacial score (nSPS) is 10.3. The van der Waals surface area contributed by atoms with Crippen molar-refractivity contribution in [3.63, 3.8) is 0 Å². The number of amides is 1. The van der Waals surface area contributed by atoms with Gasteiger partial charge in [0.1, 0.15) is 17.8 Å². The minimum atomic E-state index is -0.266. The summed E-state index contributed by atoms with van der Waals surface area (Å²) in [5, 5.41) is 6.00. The van der Waals surface area contributed by atoms with Crippen LogP contribution in [0.5, 0.6) is 0 Å². The molecule has 0 aliphatic heterocycles. The highest BCUT2D eigenvalue weighted by molar-refractivity contribution is 9.10. The van der Waals surface area contributed by atoms with Crippen LogP contribution in [0.2, 0.25) is 0 Å². The average molecular weight is 398 g/mol. The lowest BCUT2D eigenvalue weighted by atomic mass is 10.2. The summed E-state index contributed by atoms with van der Waals surface area (Å²) in [6.45, 7) is 2.41. The number of benzene rings is 1. The molecule has 0 aliphatic rings. The van der Waals surface area contributed by atoms with E-state index in [0.717, 1.165) is 21.3 Å². The first-order valence-corrected chi connectivity index (χ1v) is 8.43. The predicted molar refractivity (Wildman–Crippen MR) is 99.6 cm³/mol. The largest absolute Gasteiger partial charge is 0.347 e. The van der Waals surface area contributed by atoms with Crippen molar-refractivity contribution in [2.45, 2.75) is 13.5 Å². The van der Waals surface area contributed by atoms with Crippen molar-refractivity contribution in [2.75, 3.05) is 5.32 Å². The zero-order valence-electron chi connectivity index (χ0n) is 13.5. The first-order valence-electron chi connectivity index (χ1n) is 7.64. The third-order valence-electron chi connectivity index (χ3n) is 3.46. The smallest absolute Gasteiger partial charge is 0.270 e. The van der Waals surface area contributed by atoms with Crippen LogP contribution in [0, 0.1) is 6.92 Å². The zero-order chi connectivity index (χ0) is 17.6. The summed E-state index contributed by atoms with van der Waals surface area (Å²) in [6, 6.07) is 11.3. The third-order valence-corrected chi connectivity index (χ3v) is 4.12. The minimum Gasteiger partial charge on any atom is -0.347 e. The van der Waals surface area contributed by atoms with E-state index in [1.54, 1.807) is 18.5 Å². The van der Waals surface area contributed by atoms with Crippen LogP contribution in [0.3, 0.4) is 0 Å². The molecular formula is C18H16BrN5O. The van der Waals surface area contributed by atoms with Crippen molar-refractivity contribution >= 4 is 33.3 Å². The molecule has 0 bridgehead atoms. The van der Waals surface area contributed by atoms with Gasteiger partial charge in [0.2, 0.25) is 0 Å². The molecule has 1 aromatic carbocycles. The summed E-state index contributed by atoms with van der Waals surface area (Å²) in [5.41, 5.74) is 3.23. The molecule has 2 N–H and O–H groups in total. The minimum absolute atomic E-state index is 0.266. The van der Waals surface area contributed by atoms with Crippen LogP contribution >= 0.6 is 15.9 Å². The van der Waals surface area contributed by atoms with Crippen LogP contribution in [-0.2, 0) is 6.54 Å². The van der Waals surface area contributed by atoms with Crippen LogP contribution in [0.15, 0.2) is 59.6 Å². The number of hydrogen-bond acceptors (Lipinski definition) is 5. The molecule has 0 fully saturated rings. The number of hydrogen-bond donors (Lipinski definition) is 2. The predicted octanol–water partition coefficient (Wildman–Crippen LogP) is 3.62. The van der Waals surface area contributed by atoms with Crippen LogP contribution in [0.1, 0.15) is 21.6 Å². The summed E-state index contributed by atoms with van der Waals surface area (Å²) in [6.07, 6.45) is 4.77. The molecule has 0 saturated heterocycles. The Kier molecular flexibility index (Phi) is 5.35. The van der Waals surface area contributed by atoms with Crippen molar-refractivity contribution in [1.82, 2.24) is 20.3 Å². The molecule has 7 heteroatoms. The molecule has 0 aliphatic carbocycles. The van der Waals surface area contributed by atoms with E-state index < -0.39 is 0 Å². The molecule has 0 spiro atoms. The number of pyridine rings is 1. The SMILES string of the molecule is Cc1ccc(Nc2cc(C(=O)NCc3cccnc3)ncn2)c(Br)c1. The molecule has 2 heterocycles. The van der Waals surface area contributed by atoms with E-state index in [4.69, 9.17) is 0 Å². The average Bonchev–Trinajstić information content (AvgIpc) is 2.63. The van der Waals surface area contributed by atoms with Crippen LogP contribution in [0.4, 0.5) is 11.5 Å². The van der Waals surface area contributed by atoms with Gasteiger partial charge in [-0.25, -0.2) is 9.97 Å². The number of carbonyl (C=O) groups excluding carboxylic acids is 1. The standard InChI is InChI=1S/C18H16BrN5O/c1-12-4-5-15(14(19)7-12)24-17-8-16(22-11-23-17)18(25)21-10-13-3-2-6-20-9-13/h2-9,11H,10H2,1H3,(H,21,25)(H,22,23,24). The number of nitrogens with one attached hydrogen (secondary N) is 2. The maximum atomic E-state index is 12.3. The summed E-state index contributed by atoms with van der Waals surface area (Å²) >= 11 is 3.51. The molecule has 2 aromatic heterocycles. The van der Waals surface area contributed by atoms with Gasteiger partial charge in [0.15, 0.2) is 0 Å². The molecule has 0 radical (unpaired) electrons. The van der Waals surface area contributed by atoms with E-state index in [-0.39, 0.29) is 5.91 Å². The molecule has 3 rings (SSSR count). The number of anilines is 2. The maximum Gasteiger partial charge on any atom is 0.270 e. The van der Waals surface area contributed by atoms with Crippen molar-refractivity contribution in [1.29, 1.82) is 0 Å². The van der Waals surface area contributed by atoms with Crippen molar-refractivity contribution in [3.05, 3.63) is 76.4 Å². The lowest BCUT2D eigenvalue weighted by molar-refractivity contribution is 0.0946. The number of aromatic nitrogens is 3. The van der Waals surface area contributed by atoms with Gasteiger partial charge in [0.05, 0.1) is 5.69 Å². The number of rotatable bonds is 5. The quantitative estimate of drug-likeness (QED) is 0.687. The highest BCUT2D eigenvalue weighted by atomic mass is 79.9. The third kappa shape index (κ3) is 4.60. The highest BCUT2D eigenvalue weighted by Gasteiger charge is 2.09.